The molecule has 0 saturated carbocycles. The van der Waals surface area contributed by atoms with E-state index in [1.165, 1.54) is 86.5 Å². The molecule has 0 aromatic heterocycles. The Labute approximate surface area is 208 Å². The molecule has 194 valence electrons. The highest BCUT2D eigenvalue weighted by Crippen LogP contribution is 2.40. The van der Waals surface area contributed by atoms with Crippen molar-refractivity contribution in [2.45, 2.75) is 152 Å². The zero-order valence-corrected chi connectivity index (χ0v) is 24.3. The van der Waals surface area contributed by atoms with Crippen LogP contribution in [-0.4, -0.2) is 11.2 Å². The normalized spacial score (nSPS) is 21.8. The van der Waals surface area contributed by atoms with Gasteiger partial charge in [0, 0.05) is 5.92 Å². The van der Waals surface area contributed by atoms with Gasteiger partial charge in [0.1, 0.15) is 0 Å². The molecule has 4 atom stereocenters. The van der Waals surface area contributed by atoms with E-state index in [2.05, 4.69) is 69.2 Å². The Bertz CT molecular complexity index is 620. The van der Waals surface area contributed by atoms with Crippen LogP contribution >= 0.6 is 0 Å². The van der Waals surface area contributed by atoms with Crippen molar-refractivity contribution in [1.29, 1.82) is 0 Å². The second-order valence-electron chi connectivity index (χ2n) is 12.9. The highest BCUT2D eigenvalue weighted by Gasteiger charge is 2.30. The van der Waals surface area contributed by atoms with E-state index in [4.69, 9.17) is 0 Å². The van der Waals surface area contributed by atoms with E-state index in [-0.39, 0.29) is 12.0 Å². The fraction of sp³-hybridized carbons (Fsp3) is 0.875. The minimum atomic E-state index is -0.282. The summed E-state index contributed by atoms with van der Waals surface area (Å²) in [5.74, 6) is 2.89. The van der Waals surface area contributed by atoms with Crippen molar-refractivity contribution in [3.63, 3.8) is 0 Å². The fourth-order valence-corrected chi connectivity index (χ4v) is 5.80. The third kappa shape index (κ3) is 10.7. The number of hydrogen-bond donors (Lipinski definition) is 1. The molecule has 1 nitrogen and oxygen atoms in total. The topological polar surface area (TPSA) is 20.2 Å². The number of hydrogen-bond acceptors (Lipinski definition) is 1. The van der Waals surface area contributed by atoms with E-state index in [1.807, 2.05) is 0 Å². The second kappa shape index (κ2) is 14.8. The second-order valence-corrected chi connectivity index (χ2v) is 12.9. The zero-order valence-electron chi connectivity index (χ0n) is 24.3. The number of aliphatic hydroxyl groups is 1. The van der Waals surface area contributed by atoms with Crippen LogP contribution in [0.2, 0.25) is 0 Å². The smallest absolute Gasteiger partial charge is 0.0818 e. The summed E-state index contributed by atoms with van der Waals surface area (Å²) in [4.78, 5) is 0. The number of rotatable bonds is 16. The lowest BCUT2D eigenvalue weighted by atomic mass is 9.73. The summed E-state index contributed by atoms with van der Waals surface area (Å²) in [6.07, 6.45) is 15.5. The van der Waals surface area contributed by atoms with Crippen LogP contribution in [0.25, 0.3) is 0 Å². The Morgan fingerprint density at radius 1 is 0.818 bits per heavy atom. The van der Waals surface area contributed by atoms with Crippen molar-refractivity contribution < 1.29 is 5.11 Å². The molecule has 1 rings (SSSR count). The molecule has 0 aromatic rings. The van der Waals surface area contributed by atoms with Gasteiger partial charge in [-0.1, -0.05) is 112 Å². The van der Waals surface area contributed by atoms with Gasteiger partial charge >= 0.3 is 0 Å². The lowest BCUT2D eigenvalue weighted by Gasteiger charge is -2.34. The standard InChI is InChI=1S/C32H60O/c1-11-29-30(27(7)26(6)28(8)31(29)33)20-22-32(9,10)21-14-19-25(5)18-13-17-24(4)16-12-15-23(2)3/h23-25,28,31,33H,11-22H2,1-10H3. The highest BCUT2D eigenvalue weighted by molar-refractivity contribution is 5.44. The van der Waals surface area contributed by atoms with Crippen molar-refractivity contribution in [1.82, 2.24) is 0 Å². The Balaban J connectivity index is 2.38. The summed E-state index contributed by atoms with van der Waals surface area (Å²) in [7, 11) is 0. The molecule has 1 aliphatic rings. The average molecular weight is 461 g/mol. The van der Waals surface area contributed by atoms with Crippen LogP contribution in [0.5, 0.6) is 0 Å². The zero-order chi connectivity index (χ0) is 25.2. The predicted molar refractivity (Wildman–Crippen MR) is 149 cm³/mol. The van der Waals surface area contributed by atoms with E-state index in [9.17, 15) is 5.11 Å². The minimum absolute atomic E-state index is 0.265. The molecule has 0 amide bonds. The van der Waals surface area contributed by atoms with Gasteiger partial charge in [0.2, 0.25) is 0 Å². The van der Waals surface area contributed by atoms with E-state index in [0.717, 1.165) is 30.6 Å². The Kier molecular flexibility index (Phi) is 13.6. The summed E-state index contributed by atoms with van der Waals surface area (Å²) in [5.41, 5.74) is 5.97. The Morgan fingerprint density at radius 3 is 1.85 bits per heavy atom. The number of aliphatic hydroxyl groups excluding tert-OH is 1. The highest BCUT2D eigenvalue weighted by atomic mass is 16.3. The molecule has 1 N–H and O–H groups in total. The van der Waals surface area contributed by atoms with Gasteiger partial charge in [-0.3, -0.25) is 0 Å². The maximum absolute atomic E-state index is 10.8. The quantitative estimate of drug-likeness (QED) is 0.243. The SMILES string of the molecule is CCC1=C(CCC(C)(C)CCCC(C)CCCC(C)CCCC(C)C)C(C)=C(C)C(C)C1O. The van der Waals surface area contributed by atoms with Crippen LogP contribution < -0.4 is 0 Å². The van der Waals surface area contributed by atoms with E-state index >= 15 is 0 Å². The van der Waals surface area contributed by atoms with Crippen LogP contribution in [0.15, 0.2) is 22.3 Å². The summed E-state index contributed by atoms with van der Waals surface area (Å²) in [6, 6.07) is 0. The molecule has 0 radical (unpaired) electrons. The van der Waals surface area contributed by atoms with Crippen molar-refractivity contribution in [2.24, 2.45) is 29.1 Å². The van der Waals surface area contributed by atoms with Gasteiger partial charge in [-0.05, 0) is 79.4 Å². The van der Waals surface area contributed by atoms with Gasteiger partial charge < -0.3 is 5.11 Å². The number of allylic oxidation sites excluding steroid dienone is 2. The third-order valence-electron chi connectivity index (χ3n) is 8.80. The molecule has 0 saturated heterocycles. The third-order valence-corrected chi connectivity index (χ3v) is 8.80. The first-order chi connectivity index (χ1) is 15.4. The van der Waals surface area contributed by atoms with Gasteiger partial charge in [0.05, 0.1) is 6.10 Å². The van der Waals surface area contributed by atoms with Gasteiger partial charge in [0.15, 0.2) is 0 Å². The molecule has 0 bridgehead atoms. The first kappa shape index (κ1) is 30.5. The molecule has 0 fully saturated rings. The lowest BCUT2D eigenvalue weighted by molar-refractivity contribution is 0.159. The Morgan fingerprint density at radius 2 is 1.33 bits per heavy atom. The van der Waals surface area contributed by atoms with Crippen LogP contribution in [-0.2, 0) is 0 Å². The molecule has 0 heterocycles. The first-order valence-electron chi connectivity index (χ1n) is 14.5. The van der Waals surface area contributed by atoms with Crippen molar-refractivity contribution in [3.8, 4) is 0 Å². The molecule has 0 aromatic carbocycles. The summed E-state index contributed by atoms with van der Waals surface area (Å²) in [5, 5.41) is 10.8. The molecular formula is C32H60O. The van der Waals surface area contributed by atoms with Gasteiger partial charge in [-0.25, -0.2) is 0 Å². The van der Waals surface area contributed by atoms with Crippen molar-refractivity contribution in [3.05, 3.63) is 22.3 Å². The molecule has 33 heavy (non-hydrogen) atoms. The molecule has 0 aliphatic heterocycles. The van der Waals surface area contributed by atoms with Crippen LogP contribution in [0.4, 0.5) is 0 Å². The van der Waals surface area contributed by atoms with Gasteiger partial charge in [-0.15, -0.1) is 0 Å². The summed E-state index contributed by atoms with van der Waals surface area (Å²) >= 11 is 0. The molecule has 1 aliphatic carbocycles. The van der Waals surface area contributed by atoms with Crippen molar-refractivity contribution >= 4 is 0 Å². The van der Waals surface area contributed by atoms with Crippen LogP contribution in [0, 0.1) is 29.1 Å². The Hall–Kier alpha value is -0.560. The maximum Gasteiger partial charge on any atom is 0.0818 e. The molecule has 4 unspecified atom stereocenters. The van der Waals surface area contributed by atoms with Crippen LogP contribution in [0.1, 0.15) is 146 Å². The van der Waals surface area contributed by atoms with Crippen molar-refractivity contribution in [2.75, 3.05) is 0 Å². The minimum Gasteiger partial charge on any atom is -0.388 e. The molecule has 0 spiro atoms. The maximum atomic E-state index is 10.8. The lowest BCUT2D eigenvalue weighted by Crippen LogP contribution is -2.27. The molecule has 1 heteroatoms. The summed E-state index contributed by atoms with van der Waals surface area (Å²) < 4.78 is 0. The first-order valence-corrected chi connectivity index (χ1v) is 14.5. The monoisotopic (exact) mass is 460 g/mol. The largest absolute Gasteiger partial charge is 0.388 e. The fourth-order valence-electron chi connectivity index (χ4n) is 5.80. The van der Waals surface area contributed by atoms with E-state index < -0.39 is 0 Å². The van der Waals surface area contributed by atoms with Gasteiger partial charge in [-0.2, -0.15) is 0 Å². The predicted octanol–water partition coefficient (Wildman–Crippen LogP) is 10.3. The van der Waals surface area contributed by atoms with Gasteiger partial charge in [0.25, 0.3) is 0 Å². The van der Waals surface area contributed by atoms with E-state index in [0.29, 0.717) is 5.41 Å². The summed E-state index contributed by atoms with van der Waals surface area (Å²) in [6.45, 7) is 23.4. The van der Waals surface area contributed by atoms with Crippen LogP contribution in [0.3, 0.4) is 0 Å². The average Bonchev–Trinajstić information content (AvgIpc) is 2.73. The van der Waals surface area contributed by atoms with E-state index in [1.54, 1.807) is 0 Å². The molecular weight excluding hydrogens is 400 g/mol.